The summed E-state index contributed by atoms with van der Waals surface area (Å²) in [6.45, 7) is 0. The van der Waals surface area contributed by atoms with Crippen LogP contribution in [0.1, 0.15) is 22.8 Å². The Labute approximate surface area is 204 Å². The van der Waals surface area contributed by atoms with Crippen LogP contribution in [-0.2, 0) is 9.59 Å². The molecule has 2 aliphatic heterocycles. The lowest BCUT2D eigenvalue weighted by atomic mass is 9.68. The van der Waals surface area contributed by atoms with E-state index in [1.54, 1.807) is 43.1 Å². The maximum Gasteiger partial charge on any atom is 0.305 e. The van der Waals surface area contributed by atoms with Crippen molar-refractivity contribution in [1.82, 2.24) is 4.98 Å². The largest absolute Gasteiger partial charge is 0.497 e. The first kappa shape index (κ1) is 20.5. The van der Waals surface area contributed by atoms with E-state index < -0.39 is 0 Å². The fourth-order valence-electron chi connectivity index (χ4n) is 7.04. The Morgan fingerprint density at radius 1 is 0.941 bits per heavy atom. The predicted molar refractivity (Wildman–Crippen MR) is 130 cm³/mol. The Morgan fingerprint density at radius 3 is 2.35 bits per heavy atom. The van der Waals surface area contributed by atoms with Gasteiger partial charge in [0, 0.05) is 16.0 Å². The number of fused-ring (bicyclic) bond motifs is 9. The second-order valence-corrected chi connectivity index (χ2v) is 11.8. The van der Waals surface area contributed by atoms with Crippen LogP contribution in [0.2, 0.25) is 0 Å². The monoisotopic (exact) mass is 490 g/mol. The molecule has 2 amide bonds. The number of thiazole rings is 1. The van der Waals surface area contributed by atoms with E-state index in [1.807, 2.05) is 18.2 Å². The smallest absolute Gasteiger partial charge is 0.305 e. The number of methoxy groups -OCH3 is 1. The van der Waals surface area contributed by atoms with Gasteiger partial charge in [-0.25, -0.2) is 0 Å². The van der Waals surface area contributed by atoms with Gasteiger partial charge in [-0.05, 0) is 54.0 Å². The average Bonchev–Trinajstić information content (AvgIpc) is 3.58. The van der Waals surface area contributed by atoms with Crippen LogP contribution in [0.3, 0.4) is 0 Å². The lowest BCUT2D eigenvalue weighted by molar-refractivity contribution is -0.123. The first-order chi connectivity index (χ1) is 16.6. The van der Waals surface area contributed by atoms with Crippen molar-refractivity contribution in [3.63, 3.8) is 0 Å². The van der Waals surface area contributed by atoms with Crippen molar-refractivity contribution >= 4 is 40.6 Å². The van der Waals surface area contributed by atoms with Gasteiger partial charge in [-0.15, -0.1) is 11.8 Å². The molecule has 172 valence electrons. The van der Waals surface area contributed by atoms with Gasteiger partial charge in [0.2, 0.25) is 11.8 Å². The van der Waals surface area contributed by atoms with Gasteiger partial charge < -0.3 is 9.72 Å². The zero-order valence-corrected chi connectivity index (χ0v) is 20.0. The summed E-state index contributed by atoms with van der Waals surface area (Å²) in [5.74, 6) is 0.530. The molecule has 8 heteroatoms. The van der Waals surface area contributed by atoms with Crippen LogP contribution in [0, 0.1) is 29.6 Å². The number of aromatic nitrogens is 1. The maximum atomic E-state index is 13.7. The second kappa shape index (κ2) is 7.33. The molecule has 0 spiro atoms. The number of anilines is 1. The van der Waals surface area contributed by atoms with Crippen LogP contribution in [0.15, 0.2) is 64.4 Å². The molecule has 0 unspecified atom stereocenters. The van der Waals surface area contributed by atoms with Crippen molar-refractivity contribution < 1.29 is 14.3 Å². The minimum atomic E-state index is -0.287. The van der Waals surface area contributed by atoms with Gasteiger partial charge in [0.25, 0.3) is 0 Å². The van der Waals surface area contributed by atoms with Gasteiger partial charge in [0.15, 0.2) is 0 Å². The third-order valence-corrected chi connectivity index (χ3v) is 10.8. The average molecular weight is 491 g/mol. The number of carbonyl (C=O) groups excluding carboxylic acids is 2. The Bertz CT molecular complexity index is 1370. The van der Waals surface area contributed by atoms with E-state index in [0.29, 0.717) is 11.4 Å². The van der Waals surface area contributed by atoms with Crippen molar-refractivity contribution in [3.05, 3.63) is 74.7 Å². The molecule has 0 radical (unpaired) electrons. The molecule has 2 bridgehead atoms. The number of nitrogens with zero attached hydrogens (tertiary/aromatic N) is 1. The highest BCUT2D eigenvalue weighted by Crippen LogP contribution is 2.68. The Hall–Kier alpha value is -2.84. The van der Waals surface area contributed by atoms with Gasteiger partial charge in [0.05, 0.1) is 29.7 Å². The fraction of sp³-hybridized carbons (Fsp3) is 0.346. The molecular formula is C26H22N2O4S2. The van der Waals surface area contributed by atoms with Gasteiger partial charge >= 0.3 is 4.87 Å². The number of carbonyl (C=O) groups is 2. The number of hydrogen-bond acceptors (Lipinski definition) is 6. The molecular weight excluding hydrogens is 468 g/mol. The summed E-state index contributed by atoms with van der Waals surface area (Å²) in [4.78, 5) is 45.1. The minimum Gasteiger partial charge on any atom is -0.497 e. The van der Waals surface area contributed by atoms with E-state index in [0.717, 1.165) is 16.3 Å². The second-order valence-electron chi connectivity index (χ2n) is 9.58. The van der Waals surface area contributed by atoms with Gasteiger partial charge in [-0.2, -0.15) is 0 Å². The van der Waals surface area contributed by atoms with Crippen molar-refractivity contribution in [2.75, 3.05) is 12.0 Å². The summed E-state index contributed by atoms with van der Waals surface area (Å²) in [6.07, 6.45) is 0.897. The molecule has 3 heterocycles. The Kier molecular flexibility index (Phi) is 4.42. The SMILES string of the molecule is COc1ccc(N2C(=O)[C@@H]3[C@H]4C[C@@H]([C@@H]3C2=O)[C@@H]2[C@H](c3ccccc3)c3sc(=O)[nH]c3S[C@@H]42)cc1. The Morgan fingerprint density at radius 2 is 1.65 bits per heavy atom. The topological polar surface area (TPSA) is 79.5 Å². The summed E-state index contributed by atoms with van der Waals surface area (Å²) in [6, 6.07) is 17.5. The molecule has 6 nitrogen and oxygen atoms in total. The zero-order chi connectivity index (χ0) is 23.1. The molecule has 4 aliphatic rings. The normalized spacial score (nSPS) is 33.1. The maximum absolute atomic E-state index is 13.7. The number of rotatable bonds is 3. The number of H-pyrrole nitrogens is 1. The van der Waals surface area contributed by atoms with E-state index >= 15 is 0 Å². The number of aromatic amines is 1. The summed E-state index contributed by atoms with van der Waals surface area (Å²) in [5, 5.41) is 1.15. The van der Waals surface area contributed by atoms with Crippen LogP contribution in [0.4, 0.5) is 5.69 Å². The van der Waals surface area contributed by atoms with E-state index in [9.17, 15) is 14.4 Å². The number of amides is 2. The van der Waals surface area contributed by atoms with E-state index in [-0.39, 0.29) is 57.4 Å². The molecule has 1 aromatic heterocycles. The molecule has 7 atom stereocenters. The van der Waals surface area contributed by atoms with E-state index in [2.05, 4.69) is 17.1 Å². The summed E-state index contributed by atoms with van der Waals surface area (Å²) in [5.41, 5.74) is 1.80. The van der Waals surface area contributed by atoms with Gasteiger partial charge in [-0.1, -0.05) is 41.7 Å². The summed E-state index contributed by atoms with van der Waals surface area (Å²) in [7, 11) is 1.60. The van der Waals surface area contributed by atoms with Gasteiger partial charge in [0.1, 0.15) is 5.75 Å². The van der Waals surface area contributed by atoms with Crippen molar-refractivity contribution in [1.29, 1.82) is 0 Å². The third-order valence-electron chi connectivity index (χ3n) is 8.21. The van der Waals surface area contributed by atoms with Crippen molar-refractivity contribution in [2.45, 2.75) is 22.6 Å². The van der Waals surface area contributed by atoms with Crippen LogP contribution in [0.5, 0.6) is 5.75 Å². The standard InChI is InChI=1S/C26H22N2O4S2/c1-32-14-9-7-13(8-10-14)28-24(29)19-15-11-16(20(19)25(28)30)21-18(15)17(12-5-3-2-4-6-12)22-23(33-21)27-26(31)34-22/h2-10,15-21H,11H2,1H3,(H,27,31)/t15-,16-,17+,18-,19+,20-,21+/m1/s1. The quantitative estimate of drug-likeness (QED) is 0.559. The fourth-order valence-corrected chi connectivity index (χ4v) is 9.93. The zero-order valence-electron chi connectivity index (χ0n) is 18.3. The van der Waals surface area contributed by atoms with E-state index in [4.69, 9.17) is 4.74 Å². The van der Waals surface area contributed by atoms with Crippen molar-refractivity contribution in [3.8, 4) is 5.75 Å². The van der Waals surface area contributed by atoms with Crippen LogP contribution >= 0.6 is 23.1 Å². The minimum absolute atomic E-state index is 0.0382. The molecule has 34 heavy (non-hydrogen) atoms. The molecule has 2 aliphatic carbocycles. The Balaban J connectivity index is 1.30. The molecule has 2 saturated carbocycles. The number of benzene rings is 2. The van der Waals surface area contributed by atoms with Gasteiger partial charge in [-0.3, -0.25) is 19.3 Å². The number of hydrogen-bond donors (Lipinski definition) is 1. The van der Waals surface area contributed by atoms with Crippen LogP contribution < -0.4 is 14.5 Å². The summed E-state index contributed by atoms with van der Waals surface area (Å²) >= 11 is 3.01. The number of nitrogens with one attached hydrogen (secondary N) is 1. The molecule has 3 aromatic rings. The highest BCUT2D eigenvalue weighted by atomic mass is 32.2. The predicted octanol–water partition coefficient (Wildman–Crippen LogP) is 4.12. The number of thioether (sulfide) groups is 1. The number of imide groups is 1. The lowest BCUT2D eigenvalue weighted by Crippen LogP contribution is -2.42. The molecule has 7 rings (SSSR count). The first-order valence-electron chi connectivity index (χ1n) is 11.5. The third kappa shape index (κ3) is 2.66. The first-order valence-corrected chi connectivity index (χ1v) is 13.2. The van der Waals surface area contributed by atoms with Crippen LogP contribution in [0.25, 0.3) is 0 Å². The highest BCUT2D eigenvalue weighted by Gasteiger charge is 2.69. The number of ether oxygens (including phenoxy) is 1. The van der Waals surface area contributed by atoms with Crippen LogP contribution in [-0.4, -0.2) is 29.2 Å². The molecule has 3 fully saturated rings. The van der Waals surface area contributed by atoms with E-state index in [1.165, 1.54) is 21.8 Å². The summed E-state index contributed by atoms with van der Waals surface area (Å²) < 4.78 is 5.24. The highest BCUT2D eigenvalue weighted by molar-refractivity contribution is 8.00. The van der Waals surface area contributed by atoms with Crippen molar-refractivity contribution in [2.24, 2.45) is 29.6 Å². The lowest BCUT2D eigenvalue weighted by Gasteiger charge is -2.43. The molecule has 2 aromatic carbocycles. The molecule has 1 saturated heterocycles. The molecule has 1 N–H and O–H groups in total.